The highest BCUT2D eigenvalue weighted by Crippen LogP contribution is 2.42. The molecule has 38 heavy (non-hydrogen) atoms. The van der Waals surface area contributed by atoms with Gasteiger partial charge in [-0.25, -0.2) is 8.42 Å². The average molecular weight is 520 g/mol. The molecule has 3 nitrogen and oxygen atoms in total. The molecule has 0 fully saturated rings. The lowest BCUT2D eigenvalue weighted by Crippen LogP contribution is -2.25. The van der Waals surface area contributed by atoms with Gasteiger partial charge in [-0.15, -0.1) is 0 Å². The summed E-state index contributed by atoms with van der Waals surface area (Å²) in [4.78, 5) is 2.49. The van der Waals surface area contributed by atoms with Gasteiger partial charge in [0.2, 0.25) is 0 Å². The fraction of sp³-hybridized carbons (Fsp3) is 0.176. The first kappa shape index (κ1) is 25.7. The Balaban J connectivity index is 1.76. The van der Waals surface area contributed by atoms with Gasteiger partial charge in [-0.3, -0.25) is 0 Å². The molecule has 1 heterocycles. The summed E-state index contributed by atoms with van der Waals surface area (Å²) in [6, 6.07) is 28.1. The first-order valence-electron chi connectivity index (χ1n) is 12.9. The summed E-state index contributed by atoms with van der Waals surface area (Å²) in [6.45, 7) is 10.3. The van der Waals surface area contributed by atoms with E-state index in [1.54, 1.807) is 12.1 Å². The van der Waals surface area contributed by atoms with Gasteiger partial charge in [0.15, 0.2) is 9.84 Å². The van der Waals surface area contributed by atoms with E-state index in [-0.39, 0.29) is 5.75 Å². The Bertz CT molecular complexity index is 1650. The molecule has 0 spiro atoms. The summed E-state index contributed by atoms with van der Waals surface area (Å²) in [6.07, 6.45) is 4.21. The second kappa shape index (κ2) is 10.1. The number of aryl methyl sites for hydroxylation is 5. The number of sulfone groups is 1. The van der Waals surface area contributed by atoms with Gasteiger partial charge in [0, 0.05) is 5.70 Å². The number of benzene rings is 4. The second-order valence-electron chi connectivity index (χ2n) is 10.3. The van der Waals surface area contributed by atoms with Gasteiger partial charge in [-0.05, 0) is 92.8 Å². The van der Waals surface area contributed by atoms with Crippen LogP contribution in [0.25, 0.3) is 11.6 Å². The number of hydrogen-bond acceptors (Lipinski definition) is 3. The van der Waals surface area contributed by atoms with Crippen LogP contribution in [0, 0.1) is 34.6 Å². The molecule has 0 unspecified atom stereocenters. The zero-order valence-electron chi connectivity index (χ0n) is 22.6. The third-order valence-corrected chi connectivity index (χ3v) is 8.73. The molecule has 0 aliphatic carbocycles. The molecule has 0 saturated carbocycles. The summed E-state index contributed by atoms with van der Waals surface area (Å²) in [5.41, 5.74) is 11.4. The number of rotatable bonds is 5. The monoisotopic (exact) mass is 519 g/mol. The van der Waals surface area contributed by atoms with Gasteiger partial charge in [0.05, 0.1) is 22.0 Å². The first-order valence-corrected chi connectivity index (χ1v) is 14.5. The Labute approximate surface area is 226 Å². The fourth-order valence-corrected chi connectivity index (χ4v) is 6.57. The number of allylic oxidation sites excluding steroid dienone is 2. The van der Waals surface area contributed by atoms with E-state index >= 15 is 0 Å². The van der Waals surface area contributed by atoms with Gasteiger partial charge in [0.1, 0.15) is 0 Å². The zero-order valence-corrected chi connectivity index (χ0v) is 23.4. The van der Waals surface area contributed by atoms with Crippen LogP contribution in [0.1, 0.15) is 38.9 Å². The molecule has 1 aliphatic rings. The van der Waals surface area contributed by atoms with Crippen molar-refractivity contribution in [2.75, 3.05) is 10.7 Å². The van der Waals surface area contributed by atoms with Crippen LogP contribution in [0.5, 0.6) is 0 Å². The number of anilines is 2. The lowest BCUT2D eigenvalue weighted by atomic mass is 10.0. The van der Waals surface area contributed by atoms with E-state index in [1.165, 1.54) is 11.1 Å². The molecule has 4 aromatic rings. The van der Waals surface area contributed by atoms with Crippen molar-refractivity contribution in [3.8, 4) is 0 Å². The van der Waals surface area contributed by atoms with E-state index in [0.717, 1.165) is 50.5 Å². The quantitative estimate of drug-likeness (QED) is 0.266. The minimum Gasteiger partial charge on any atom is -0.312 e. The maximum atomic E-state index is 13.8. The van der Waals surface area contributed by atoms with Crippen LogP contribution < -0.4 is 4.90 Å². The van der Waals surface area contributed by atoms with E-state index in [1.807, 2.05) is 31.2 Å². The third-order valence-electron chi connectivity index (χ3n) is 7.06. The Kier molecular flexibility index (Phi) is 6.85. The molecule has 0 N–H and O–H groups in total. The fourth-order valence-electron chi connectivity index (χ4n) is 5.25. The van der Waals surface area contributed by atoms with Gasteiger partial charge in [-0.2, -0.15) is 0 Å². The van der Waals surface area contributed by atoms with E-state index in [0.29, 0.717) is 4.90 Å². The second-order valence-corrected chi connectivity index (χ2v) is 12.3. The molecule has 0 aromatic heterocycles. The van der Waals surface area contributed by atoms with Crippen molar-refractivity contribution >= 4 is 32.9 Å². The summed E-state index contributed by atoms with van der Waals surface area (Å²) in [5, 5.41) is 0. The minimum absolute atomic E-state index is 0.125. The van der Waals surface area contributed by atoms with Crippen LogP contribution >= 0.6 is 0 Å². The van der Waals surface area contributed by atoms with Crippen LogP contribution in [0.15, 0.2) is 102 Å². The van der Waals surface area contributed by atoms with Gasteiger partial charge < -0.3 is 4.90 Å². The summed E-state index contributed by atoms with van der Waals surface area (Å²) < 4.78 is 27.7. The van der Waals surface area contributed by atoms with Crippen molar-refractivity contribution in [2.24, 2.45) is 0 Å². The molecule has 0 bridgehead atoms. The van der Waals surface area contributed by atoms with Crippen molar-refractivity contribution in [1.82, 2.24) is 0 Å². The maximum Gasteiger partial charge on any atom is 0.183 e. The lowest BCUT2D eigenvalue weighted by Gasteiger charge is -2.31. The van der Waals surface area contributed by atoms with E-state index in [9.17, 15) is 8.42 Å². The van der Waals surface area contributed by atoms with Crippen LogP contribution in [-0.4, -0.2) is 14.2 Å². The normalized spacial score (nSPS) is 13.4. The molecule has 0 radical (unpaired) electrons. The Hall–Kier alpha value is -3.89. The highest BCUT2D eigenvalue weighted by Gasteiger charge is 2.28. The number of para-hydroxylation sites is 1. The predicted octanol–water partition coefficient (Wildman–Crippen LogP) is 8.28. The SMILES string of the molecule is Cc1ccc(C2=Cc3ccccc3N(c3c(C)cc(C)cc3C)C(CS(=O)(=O)c3ccc(C)cc3)=C2)cc1. The lowest BCUT2D eigenvalue weighted by molar-refractivity contribution is 0.598. The molecule has 0 atom stereocenters. The number of hydrogen-bond donors (Lipinski definition) is 0. The van der Waals surface area contributed by atoms with Crippen molar-refractivity contribution in [2.45, 2.75) is 39.5 Å². The molecule has 0 saturated heterocycles. The van der Waals surface area contributed by atoms with E-state index in [2.05, 4.69) is 93.3 Å². The minimum atomic E-state index is -3.62. The third kappa shape index (κ3) is 5.09. The highest BCUT2D eigenvalue weighted by molar-refractivity contribution is 7.91. The molecule has 0 amide bonds. The highest BCUT2D eigenvalue weighted by atomic mass is 32.2. The van der Waals surface area contributed by atoms with Crippen molar-refractivity contribution in [3.63, 3.8) is 0 Å². The van der Waals surface area contributed by atoms with Gasteiger partial charge in [-0.1, -0.05) is 83.4 Å². The topological polar surface area (TPSA) is 37.4 Å². The first-order chi connectivity index (χ1) is 18.1. The smallest absolute Gasteiger partial charge is 0.183 e. The summed E-state index contributed by atoms with van der Waals surface area (Å²) >= 11 is 0. The molecule has 1 aliphatic heterocycles. The Morgan fingerprint density at radius 1 is 0.658 bits per heavy atom. The van der Waals surface area contributed by atoms with Crippen LogP contribution in [0.4, 0.5) is 11.4 Å². The van der Waals surface area contributed by atoms with Crippen LogP contribution in [-0.2, 0) is 9.84 Å². The largest absolute Gasteiger partial charge is 0.312 e. The average Bonchev–Trinajstić information content (AvgIpc) is 3.01. The maximum absolute atomic E-state index is 13.8. The van der Waals surface area contributed by atoms with Gasteiger partial charge in [0.25, 0.3) is 0 Å². The van der Waals surface area contributed by atoms with Gasteiger partial charge >= 0.3 is 0 Å². The standard InChI is InChI=1S/C34H33NO2S/c1-23-10-14-28(15-11-23)30-20-29-8-6-7-9-33(29)35(34-26(4)18-25(3)19-27(34)5)31(21-30)22-38(36,37)32-16-12-24(2)13-17-32/h6-21H,22H2,1-5H3. The predicted molar refractivity (Wildman–Crippen MR) is 160 cm³/mol. The summed E-state index contributed by atoms with van der Waals surface area (Å²) in [5.74, 6) is -0.125. The molecule has 4 aromatic carbocycles. The molecular weight excluding hydrogens is 486 g/mol. The Morgan fingerprint density at radius 2 is 1.24 bits per heavy atom. The van der Waals surface area contributed by atoms with Crippen LogP contribution in [0.2, 0.25) is 0 Å². The van der Waals surface area contributed by atoms with E-state index < -0.39 is 9.84 Å². The zero-order chi connectivity index (χ0) is 27.0. The molecule has 5 rings (SSSR count). The van der Waals surface area contributed by atoms with Crippen molar-refractivity contribution in [1.29, 1.82) is 0 Å². The van der Waals surface area contributed by atoms with Crippen molar-refractivity contribution < 1.29 is 8.42 Å². The molecule has 4 heteroatoms. The summed E-state index contributed by atoms with van der Waals surface area (Å²) in [7, 11) is -3.62. The van der Waals surface area contributed by atoms with Crippen LogP contribution in [0.3, 0.4) is 0 Å². The molecular formula is C34H33NO2S. The van der Waals surface area contributed by atoms with E-state index in [4.69, 9.17) is 0 Å². The molecule has 192 valence electrons. The Morgan fingerprint density at radius 3 is 1.87 bits per heavy atom. The number of nitrogens with zero attached hydrogens (tertiary/aromatic N) is 1. The van der Waals surface area contributed by atoms with Crippen molar-refractivity contribution in [3.05, 3.63) is 136 Å². The number of fused-ring (bicyclic) bond motifs is 1.